The van der Waals surface area contributed by atoms with Crippen LogP contribution in [0, 0.1) is 11.3 Å². The highest BCUT2D eigenvalue weighted by molar-refractivity contribution is 5.55. The smallest absolute Gasteiger partial charge is 0.389 e. The number of ether oxygens (including phenoxy) is 1. The molecule has 0 radical (unpaired) electrons. The zero-order chi connectivity index (χ0) is 15.3. The van der Waals surface area contributed by atoms with Crippen LogP contribution in [0.2, 0.25) is 0 Å². The minimum absolute atomic E-state index is 0.121. The summed E-state index contributed by atoms with van der Waals surface area (Å²) in [5.41, 5.74) is -0.984. The molecular formula is C13H15F3N2O2. The highest BCUT2D eigenvalue weighted by Gasteiger charge is 2.33. The van der Waals surface area contributed by atoms with Gasteiger partial charge in [0.1, 0.15) is 0 Å². The first-order valence-corrected chi connectivity index (χ1v) is 5.79. The molecule has 0 aromatic heterocycles. The first-order chi connectivity index (χ1) is 9.29. The van der Waals surface area contributed by atoms with Gasteiger partial charge < -0.3 is 14.7 Å². The number of hydrogen-bond donors (Lipinski definition) is 1. The Kier molecular flexibility index (Phi) is 5.36. The number of anilines is 1. The lowest BCUT2D eigenvalue weighted by atomic mass is 10.1. The zero-order valence-corrected chi connectivity index (χ0v) is 11.1. The summed E-state index contributed by atoms with van der Waals surface area (Å²) in [6.07, 6.45) is -5.32. The summed E-state index contributed by atoms with van der Waals surface area (Å²) in [7, 11) is 3.05. The van der Waals surface area contributed by atoms with Crippen molar-refractivity contribution in [1.82, 2.24) is 0 Å². The topological polar surface area (TPSA) is 56.5 Å². The molecule has 0 bridgehead atoms. The number of methoxy groups -OCH3 is 1. The summed E-state index contributed by atoms with van der Waals surface area (Å²) < 4.78 is 42.7. The molecule has 0 spiro atoms. The van der Waals surface area contributed by atoms with E-state index >= 15 is 0 Å². The van der Waals surface area contributed by atoms with Crippen molar-refractivity contribution in [2.45, 2.75) is 12.3 Å². The largest absolute Gasteiger partial charge is 0.417 e. The van der Waals surface area contributed by atoms with Gasteiger partial charge in [-0.25, -0.2) is 0 Å². The second kappa shape index (κ2) is 6.59. The lowest BCUT2D eigenvalue weighted by Crippen LogP contribution is -2.32. The second-order valence-electron chi connectivity index (χ2n) is 4.33. The molecule has 0 saturated heterocycles. The van der Waals surface area contributed by atoms with E-state index in [1.165, 1.54) is 13.2 Å². The third-order valence-electron chi connectivity index (χ3n) is 2.71. The van der Waals surface area contributed by atoms with Crippen molar-refractivity contribution < 1.29 is 23.0 Å². The summed E-state index contributed by atoms with van der Waals surface area (Å²) in [5, 5.41) is 18.4. The maximum atomic E-state index is 12.7. The third kappa shape index (κ3) is 4.11. The predicted molar refractivity (Wildman–Crippen MR) is 67.3 cm³/mol. The summed E-state index contributed by atoms with van der Waals surface area (Å²) in [4.78, 5) is 1.56. The van der Waals surface area contributed by atoms with Crippen LogP contribution in [-0.4, -0.2) is 38.5 Å². The number of aliphatic hydroxyl groups is 1. The lowest BCUT2D eigenvalue weighted by molar-refractivity contribution is -0.137. The second-order valence-corrected chi connectivity index (χ2v) is 4.33. The quantitative estimate of drug-likeness (QED) is 0.900. The Balaban J connectivity index is 2.96. The first kappa shape index (κ1) is 16.3. The minimum Gasteiger partial charge on any atom is -0.389 e. The van der Waals surface area contributed by atoms with Gasteiger partial charge in [0.2, 0.25) is 0 Å². The highest BCUT2D eigenvalue weighted by Crippen LogP contribution is 2.33. The zero-order valence-electron chi connectivity index (χ0n) is 11.1. The summed E-state index contributed by atoms with van der Waals surface area (Å²) >= 11 is 0. The molecule has 1 aromatic rings. The van der Waals surface area contributed by atoms with Crippen LogP contribution in [-0.2, 0) is 10.9 Å². The monoisotopic (exact) mass is 288 g/mol. The van der Waals surface area contributed by atoms with Crippen molar-refractivity contribution >= 4 is 5.69 Å². The van der Waals surface area contributed by atoms with E-state index in [2.05, 4.69) is 0 Å². The van der Waals surface area contributed by atoms with E-state index in [1.54, 1.807) is 18.0 Å². The fraction of sp³-hybridized carbons (Fsp3) is 0.462. The van der Waals surface area contributed by atoms with Crippen molar-refractivity contribution in [3.8, 4) is 6.07 Å². The lowest BCUT2D eigenvalue weighted by Gasteiger charge is -2.23. The van der Waals surface area contributed by atoms with E-state index in [1.807, 2.05) is 0 Å². The van der Waals surface area contributed by atoms with Gasteiger partial charge >= 0.3 is 6.18 Å². The number of benzene rings is 1. The van der Waals surface area contributed by atoms with Gasteiger partial charge in [-0.3, -0.25) is 0 Å². The average molecular weight is 288 g/mol. The van der Waals surface area contributed by atoms with Crippen LogP contribution >= 0.6 is 0 Å². The van der Waals surface area contributed by atoms with Gasteiger partial charge in [0.25, 0.3) is 0 Å². The van der Waals surface area contributed by atoms with Crippen molar-refractivity contribution in [1.29, 1.82) is 5.26 Å². The molecule has 1 N–H and O–H groups in total. The number of hydrogen-bond acceptors (Lipinski definition) is 4. The van der Waals surface area contributed by atoms with Crippen LogP contribution < -0.4 is 4.90 Å². The van der Waals surface area contributed by atoms with Crippen molar-refractivity contribution in [3.05, 3.63) is 29.3 Å². The molecule has 20 heavy (non-hydrogen) atoms. The number of rotatable bonds is 5. The fourth-order valence-corrected chi connectivity index (χ4v) is 1.78. The molecule has 0 aliphatic carbocycles. The van der Waals surface area contributed by atoms with E-state index < -0.39 is 23.4 Å². The normalized spacial score (nSPS) is 12.8. The van der Waals surface area contributed by atoms with Gasteiger partial charge in [-0.1, -0.05) is 0 Å². The van der Waals surface area contributed by atoms with Gasteiger partial charge in [-0.2, -0.15) is 18.4 Å². The maximum Gasteiger partial charge on any atom is 0.417 e. The molecular weight excluding hydrogens is 273 g/mol. The molecule has 0 amide bonds. The molecule has 1 unspecified atom stereocenters. The van der Waals surface area contributed by atoms with Crippen LogP contribution in [0.25, 0.3) is 0 Å². The van der Waals surface area contributed by atoms with E-state index in [9.17, 15) is 18.3 Å². The van der Waals surface area contributed by atoms with E-state index in [0.29, 0.717) is 5.69 Å². The molecule has 0 fully saturated rings. The molecule has 1 atom stereocenters. The minimum atomic E-state index is -4.56. The Labute approximate surface area is 115 Å². The van der Waals surface area contributed by atoms with Crippen LogP contribution in [0.4, 0.5) is 18.9 Å². The number of aliphatic hydroxyl groups excluding tert-OH is 1. The van der Waals surface area contributed by atoms with Crippen molar-refractivity contribution in [3.63, 3.8) is 0 Å². The van der Waals surface area contributed by atoms with Crippen LogP contribution in [0.5, 0.6) is 0 Å². The molecule has 0 aliphatic rings. The van der Waals surface area contributed by atoms with Gasteiger partial charge in [-0.15, -0.1) is 0 Å². The fourth-order valence-electron chi connectivity index (χ4n) is 1.78. The van der Waals surface area contributed by atoms with Gasteiger partial charge in [0, 0.05) is 26.4 Å². The highest BCUT2D eigenvalue weighted by atomic mass is 19.4. The molecule has 110 valence electrons. The molecule has 1 aromatic carbocycles. The first-order valence-electron chi connectivity index (χ1n) is 5.79. The standard InChI is InChI=1S/C13H15F3N2O2/c1-18(7-11(19)8-20-2)10-3-4-12(13(14,15)16)9(5-10)6-17/h3-5,11,19H,7-8H2,1-2H3. The van der Waals surface area contributed by atoms with Gasteiger partial charge in [-0.05, 0) is 18.2 Å². The number of likely N-dealkylation sites (N-methyl/N-ethyl adjacent to an activating group) is 1. The summed E-state index contributed by atoms with van der Waals surface area (Å²) in [6.45, 7) is 0.306. The van der Waals surface area contributed by atoms with Gasteiger partial charge in [0.05, 0.1) is 29.9 Å². The Morgan fingerprint density at radius 2 is 2.10 bits per heavy atom. The Morgan fingerprint density at radius 3 is 2.60 bits per heavy atom. The summed E-state index contributed by atoms with van der Waals surface area (Å²) in [6, 6.07) is 4.83. The number of nitrogens with zero attached hydrogens (tertiary/aromatic N) is 2. The molecule has 0 saturated carbocycles. The molecule has 0 aliphatic heterocycles. The van der Waals surface area contributed by atoms with Gasteiger partial charge in [0.15, 0.2) is 0 Å². The molecule has 4 nitrogen and oxygen atoms in total. The summed E-state index contributed by atoms with van der Waals surface area (Å²) in [5.74, 6) is 0. The van der Waals surface area contributed by atoms with Crippen LogP contribution in [0.15, 0.2) is 18.2 Å². The number of alkyl halides is 3. The molecule has 0 heterocycles. The van der Waals surface area contributed by atoms with Crippen LogP contribution in [0.3, 0.4) is 0 Å². The Hall–Kier alpha value is -1.78. The van der Waals surface area contributed by atoms with Crippen LogP contribution in [0.1, 0.15) is 11.1 Å². The average Bonchev–Trinajstić information content (AvgIpc) is 2.37. The van der Waals surface area contributed by atoms with Crippen molar-refractivity contribution in [2.75, 3.05) is 32.2 Å². The van der Waals surface area contributed by atoms with E-state index in [4.69, 9.17) is 10.00 Å². The number of nitriles is 1. The molecule has 1 rings (SSSR count). The van der Waals surface area contributed by atoms with Crippen molar-refractivity contribution in [2.24, 2.45) is 0 Å². The van der Waals surface area contributed by atoms with E-state index in [0.717, 1.165) is 12.1 Å². The maximum absolute atomic E-state index is 12.7. The Bertz CT molecular complexity index is 497. The Morgan fingerprint density at radius 1 is 1.45 bits per heavy atom. The number of halogens is 3. The SMILES string of the molecule is COCC(O)CN(C)c1ccc(C(F)(F)F)c(C#N)c1. The molecule has 7 heteroatoms. The third-order valence-corrected chi connectivity index (χ3v) is 2.71. The van der Waals surface area contributed by atoms with E-state index in [-0.39, 0.29) is 13.2 Å². The predicted octanol–water partition coefficient (Wildman–Crippen LogP) is 2.02.